The standard InChI is InChI=1S/C21H18ClF3N4O3S/c1-11-9-17(29-28-11)27-18(30)12-3-5-13(6-4-12)33-14-7-8-16(15(22)10-14)26-19(31)20(2,32)21(23,24)25/h3-10,32H,1-2H3,(H,26,31)(H2,27,28,29,30)/t20-/m1/s1. The number of anilines is 2. The number of aromatic nitrogens is 2. The molecule has 0 spiro atoms. The van der Waals surface area contributed by atoms with Gasteiger partial charge in [-0.15, -0.1) is 0 Å². The highest BCUT2D eigenvalue weighted by Gasteiger charge is 2.55. The molecule has 33 heavy (non-hydrogen) atoms. The maximum Gasteiger partial charge on any atom is 0.426 e. The van der Waals surface area contributed by atoms with Crippen LogP contribution < -0.4 is 10.6 Å². The van der Waals surface area contributed by atoms with Crippen molar-refractivity contribution in [1.29, 1.82) is 0 Å². The van der Waals surface area contributed by atoms with E-state index in [1.165, 1.54) is 23.9 Å². The van der Waals surface area contributed by atoms with Gasteiger partial charge in [-0.1, -0.05) is 23.4 Å². The summed E-state index contributed by atoms with van der Waals surface area (Å²) in [4.78, 5) is 25.5. The van der Waals surface area contributed by atoms with Crippen LogP contribution in [0.25, 0.3) is 0 Å². The summed E-state index contributed by atoms with van der Waals surface area (Å²) >= 11 is 7.39. The molecule has 0 aliphatic carbocycles. The molecule has 1 heterocycles. The first-order chi connectivity index (χ1) is 15.4. The van der Waals surface area contributed by atoms with Gasteiger partial charge in [-0.3, -0.25) is 14.7 Å². The molecule has 0 unspecified atom stereocenters. The van der Waals surface area contributed by atoms with E-state index in [0.717, 1.165) is 10.6 Å². The third kappa shape index (κ3) is 5.86. The van der Waals surface area contributed by atoms with E-state index >= 15 is 0 Å². The van der Waals surface area contributed by atoms with Gasteiger partial charge in [0.05, 0.1) is 10.7 Å². The lowest BCUT2D eigenvalue weighted by molar-refractivity contribution is -0.242. The highest BCUT2D eigenvalue weighted by Crippen LogP contribution is 2.35. The SMILES string of the molecule is Cc1cc(NC(=O)c2ccc(Sc3ccc(NC(=O)[C@@](C)(O)C(F)(F)F)c(Cl)c3)cc2)n[nH]1. The third-order valence-electron chi connectivity index (χ3n) is 4.48. The molecule has 1 atom stereocenters. The molecule has 1 aromatic heterocycles. The predicted octanol–water partition coefficient (Wildman–Crippen LogP) is 5.03. The van der Waals surface area contributed by atoms with Gasteiger partial charge >= 0.3 is 6.18 Å². The summed E-state index contributed by atoms with van der Waals surface area (Å²) in [6.07, 6.45) is -5.14. The molecule has 7 nitrogen and oxygen atoms in total. The first-order valence-corrected chi connectivity index (χ1v) is 10.6. The fraction of sp³-hybridized carbons (Fsp3) is 0.190. The minimum absolute atomic E-state index is 0.00313. The van der Waals surface area contributed by atoms with Gasteiger partial charge in [-0.05, 0) is 56.3 Å². The topological polar surface area (TPSA) is 107 Å². The molecule has 0 aliphatic heterocycles. The summed E-state index contributed by atoms with van der Waals surface area (Å²) in [7, 11) is 0. The van der Waals surface area contributed by atoms with E-state index in [1.807, 2.05) is 12.2 Å². The van der Waals surface area contributed by atoms with Gasteiger partial charge in [-0.2, -0.15) is 18.3 Å². The van der Waals surface area contributed by atoms with Gasteiger partial charge in [-0.25, -0.2) is 0 Å². The van der Waals surface area contributed by atoms with E-state index in [2.05, 4.69) is 15.5 Å². The molecule has 2 aromatic carbocycles. The van der Waals surface area contributed by atoms with Crippen LogP contribution in [0.15, 0.2) is 58.3 Å². The molecular formula is C21H18ClF3N4O3S. The number of aryl methyl sites for hydroxylation is 1. The van der Waals surface area contributed by atoms with Crippen LogP contribution in [0.3, 0.4) is 0 Å². The molecule has 0 fully saturated rings. The van der Waals surface area contributed by atoms with E-state index in [0.29, 0.717) is 23.2 Å². The van der Waals surface area contributed by atoms with Crippen molar-refractivity contribution >= 4 is 46.7 Å². The molecule has 0 radical (unpaired) electrons. The Morgan fingerprint density at radius 1 is 1.06 bits per heavy atom. The van der Waals surface area contributed by atoms with Gasteiger partial charge in [0.25, 0.3) is 11.8 Å². The first-order valence-electron chi connectivity index (χ1n) is 9.38. The number of rotatable bonds is 6. The molecule has 3 rings (SSSR count). The number of carbonyl (C=O) groups is 2. The van der Waals surface area contributed by atoms with Crippen molar-refractivity contribution in [3.8, 4) is 0 Å². The lowest BCUT2D eigenvalue weighted by Gasteiger charge is -2.25. The smallest absolute Gasteiger partial charge is 0.373 e. The van der Waals surface area contributed by atoms with Gasteiger partial charge < -0.3 is 15.7 Å². The number of aliphatic hydroxyl groups is 1. The minimum Gasteiger partial charge on any atom is -0.373 e. The minimum atomic E-state index is -5.14. The Hall–Kier alpha value is -3.02. The number of benzene rings is 2. The van der Waals surface area contributed by atoms with Crippen molar-refractivity contribution in [2.45, 2.75) is 35.4 Å². The number of hydrogen-bond donors (Lipinski definition) is 4. The Bertz CT molecular complexity index is 1180. The lowest BCUT2D eigenvalue weighted by atomic mass is 10.1. The summed E-state index contributed by atoms with van der Waals surface area (Å²) in [6, 6.07) is 12.8. The van der Waals surface area contributed by atoms with E-state index < -0.39 is 17.7 Å². The van der Waals surface area contributed by atoms with Crippen LogP contribution >= 0.6 is 23.4 Å². The third-order valence-corrected chi connectivity index (χ3v) is 5.79. The van der Waals surface area contributed by atoms with Crippen molar-refractivity contribution in [2.24, 2.45) is 0 Å². The second kappa shape index (κ2) is 9.46. The van der Waals surface area contributed by atoms with Crippen LogP contribution in [0.1, 0.15) is 23.0 Å². The molecule has 3 aromatic rings. The van der Waals surface area contributed by atoms with Crippen molar-refractivity contribution in [3.63, 3.8) is 0 Å². The quantitative estimate of drug-likeness (QED) is 0.381. The number of hydrogen-bond acceptors (Lipinski definition) is 5. The normalized spacial score (nSPS) is 13.3. The van der Waals surface area contributed by atoms with Crippen LogP contribution in [0.4, 0.5) is 24.7 Å². The highest BCUT2D eigenvalue weighted by molar-refractivity contribution is 7.99. The largest absolute Gasteiger partial charge is 0.426 e. The van der Waals surface area contributed by atoms with E-state index in [9.17, 15) is 27.9 Å². The van der Waals surface area contributed by atoms with Crippen LogP contribution in [0.2, 0.25) is 5.02 Å². The molecule has 12 heteroatoms. The Labute approximate surface area is 195 Å². The number of carbonyl (C=O) groups excluding carboxylic acids is 2. The van der Waals surface area contributed by atoms with Gasteiger partial charge in [0, 0.05) is 27.1 Å². The number of amides is 2. The maximum atomic E-state index is 12.8. The zero-order valence-electron chi connectivity index (χ0n) is 17.2. The fourth-order valence-electron chi connectivity index (χ4n) is 2.51. The summed E-state index contributed by atoms with van der Waals surface area (Å²) < 4.78 is 38.4. The number of nitrogens with zero attached hydrogens (tertiary/aromatic N) is 1. The molecule has 4 N–H and O–H groups in total. The first kappa shape index (κ1) is 24.6. The monoisotopic (exact) mass is 498 g/mol. The molecule has 2 amide bonds. The highest BCUT2D eigenvalue weighted by atomic mass is 35.5. The van der Waals surface area contributed by atoms with Crippen molar-refractivity contribution in [3.05, 3.63) is 64.8 Å². The van der Waals surface area contributed by atoms with E-state index in [-0.39, 0.29) is 16.6 Å². The number of H-pyrrole nitrogens is 1. The zero-order valence-corrected chi connectivity index (χ0v) is 18.8. The van der Waals surface area contributed by atoms with Gasteiger partial charge in [0.2, 0.25) is 5.60 Å². The summed E-state index contributed by atoms with van der Waals surface area (Å²) in [5.41, 5.74) is -2.40. The summed E-state index contributed by atoms with van der Waals surface area (Å²) in [5.74, 6) is -1.55. The maximum absolute atomic E-state index is 12.8. The van der Waals surface area contributed by atoms with Crippen molar-refractivity contribution in [1.82, 2.24) is 10.2 Å². The van der Waals surface area contributed by atoms with Gasteiger partial charge in [0.1, 0.15) is 0 Å². The number of aromatic amines is 1. The average molecular weight is 499 g/mol. The van der Waals surface area contributed by atoms with Crippen LogP contribution in [-0.2, 0) is 4.79 Å². The Morgan fingerprint density at radius 3 is 2.24 bits per heavy atom. The average Bonchev–Trinajstić information content (AvgIpc) is 3.14. The Balaban J connectivity index is 1.65. The molecule has 0 saturated heterocycles. The van der Waals surface area contributed by atoms with Gasteiger partial charge in [0.15, 0.2) is 5.82 Å². The predicted molar refractivity (Wildman–Crippen MR) is 119 cm³/mol. The zero-order chi connectivity index (χ0) is 24.4. The molecular weight excluding hydrogens is 481 g/mol. The van der Waals surface area contributed by atoms with E-state index in [4.69, 9.17) is 11.6 Å². The molecule has 0 aliphatic rings. The second-order valence-electron chi connectivity index (χ2n) is 7.18. The number of halogens is 4. The van der Waals surface area contributed by atoms with Crippen LogP contribution in [0.5, 0.6) is 0 Å². The summed E-state index contributed by atoms with van der Waals surface area (Å²) in [6.45, 7) is 2.17. The molecule has 0 saturated carbocycles. The molecule has 174 valence electrons. The number of alkyl halides is 3. The molecule has 0 bridgehead atoms. The van der Waals surface area contributed by atoms with Crippen molar-refractivity contribution < 1.29 is 27.9 Å². The second-order valence-corrected chi connectivity index (χ2v) is 8.74. The Morgan fingerprint density at radius 2 is 1.70 bits per heavy atom. The fourth-order valence-corrected chi connectivity index (χ4v) is 3.66. The summed E-state index contributed by atoms with van der Waals surface area (Å²) in [5, 5.41) is 20.8. The lowest BCUT2D eigenvalue weighted by Crippen LogP contribution is -2.52. The Kier molecular flexibility index (Phi) is 7.06. The van der Waals surface area contributed by atoms with Crippen LogP contribution in [0, 0.1) is 6.92 Å². The van der Waals surface area contributed by atoms with E-state index in [1.54, 1.807) is 36.4 Å². The number of nitrogens with one attached hydrogen (secondary N) is 3. The van der Waals surface area contributed by atoms with Crippen molar-refractivity contribution in [2.75, 3.05) is 10.6 Å². The van der Waals surface area contributed by atoms with Crippen LogP contribution in [-0.4, -0.2) is 38.9 Å².